The quantitative estimate of drug-likeness (QED) is 0.480. The summed E-state index contributed by atoms with van der Waals surface area (Å²) in [5.74, 6) is 0.590. The maximum atomic E-state index is 8.53. The molecular formula is C12H28Cl5NO3. The van der Waals surface area contributed by atoms with Crippen LogP contribution in [0.2, 0.25) is 0 Å². The Hall–Kier alpha value is 1.29. The van der Waals surface area contributed by atoms with Gasteiger partial charge >= 0.3 is 0 Å². The first kappa shape index (κ1) is 30.2. The molecule has 1 fully saturated rings. The number of aliphatic hydroxyl groups is 2. The molecule has 9 heteroatoms. The second-order valence-electron chi connectivity index (χ2n) is 3.72. The van der Waals surface area contributed by atoms with Gasteiger partial charge < -0.3 is 20.7 Å². The standard InChI is InChI=1S/C4H9ClO.C4H8O.C3H8ClNO.CH2Cl2.ClH/c1-2-4(6)3-5;1-2-4-3-5-4;4-1-3(6)2-5;2-1-3;/h4,6H,2-3H2,1H3;4H,2-3H2,1H3;3,6H,1-2,5H2;1H2;1H/t2*4-;3-;;/m001../s1. The molecule has 0 spiro atoms. The molecule has 0 aromatic rings. The van der Waals surface area contributed by atoms with Crippen molar-refractivity contribution in [2.75, 3.05) is 30.3 Å². The van der Waals surface area contributed by atoms with Crippen LogP contribution in [0.15, 0.2) is 0 Å². The number of epoxide rings is 1. The lowest BCUT2D eigenvalue weighted by Gasteiger charge is -1.96. The molecule has 1 aliphatic heterocycles. The van der Waals surface area contributed by atoms with Crippen molar-refractivity contribution in [3.63, 3.8) is 0 Å². The van der Waals surface area contributed by atoms with E-state index < -0.39 is 6.10 Å². The van der Waals surface area contributed by atoms with Crippen LogP contribution in [0.25, 0.3) is 0 Å². The molecule has 1 heterocycles. The van der Waals surface area contributed by atoms with E-state index in [-0.39, 0.29) is 36.3 Å². The van der Waals surface area contributed by atoms with E-state index in [1.165, 1.54) is 6.42 Å². The summed E-state index contributed by atoms with van der Waals surface area (Å²) in [7, 11) is 0. The highest BCUT2D eigenvalue weighted by atomic mass is 35.5. The highest BCUT2D eigenvalue weighted by Crippen LogP contribution is 2.10. The predicted molar refractivity (Wildman–Crippen MR) is 96.7 cm³/mol. The summed E-state index contributed by atoms with van der Waals surface area (Å²) in [6.07, 6.45) is 1.76. The fourth-order valence-corrected chi connectivity index (χ4v) is 0.820. The number of hydrogen-bond donors (Lipinski definition) is 3. The van der Waals surface area contributed by atoms with E-state index in [1.807, 2.05) is 6.92 Å². The molecule has 0 aliphatic carbocycles. The zero-order chi connectivity index (χ0) is 16.4. The largest absolute Gasteiger partial charge is 0.392 e. The predicted octanol–water partition coefficient (Wildman–Crippen LogP) is 3.18. The van der Waals surface area contributed by atoms with E-state index in [0.717, 1.165) is 13.0 Å². The second-order valence-corrected chi connectivity index (χ2v) is 5.15. The summed E-state index contributed by atoms with van der Waals surface area (Å²) in [4.78, 5) is 0. The van der Waals surface area contributed by atoms with Crippen molar-refractivity contribution >= 4 is 58.8 Å². The van der Waals surface area contributed by atoms with Crippen LogP contribution in [0, 0.1) is 0 Å². The third-order valence-electron chi connectivity index (χ3n) is 1.96. The molecule has 1 rings (SSSR count). The highest BCUT2D eigenvalue weighted by Gasteiger charge is 2.18. The monoisotopic (exact) mass is 409 g/mol. The summed E-state index contributed by atoms with van der Waals surface area (Å²) >= 11 is 19.9. The van der Waals surface area contributed by atoms with Gasteiger partial charge in [0.05, 0.1) is 30.3 Å². The van der Waals surface area contributed by atoms with Gasteiger partial charge in [-0.15, -0.1) is 58.8 Å². The number of aliphatic hydroxyl groups excluding tert-OH is 2. The van der Waals surface area contributed by atoms with Gasteiger partial charge in [0, 0.05) is 18.3 Å². The average molecular weight is 412 g/mol. The smallest absolute Gasteiger partial charge is 0.0967 e. The summed E-state index contributed by atoms with van der Waals surface area (Å²) in [5, 5.41) is 17.1. The molecule has 0 radical (unpaired) electrons. The van der Waals surface area contributed by atoms with E-state index in [9.17, 15) is 0 Å². The second kappa shape index (κ2) is 26.2. The number of halogens is 5. The Morgan fingerprint density at radius 2 is 1.48 bits per heavy atom. The Morgan fingerprint density at radius 3 is 1.48 bits per heavy atom. The normalized spacial score (nSPS) is 17.3. The Labute approximate surface area is 154 Å². The molecule has 0 aromatic carbocycles. The minimum absolute atomic E-state index is 0. The van der Waals surface area contributed by atoms with Gasteiger partial charge in [0.2, 0.25) is 0 Å². The fraction of sp³-hybridized carbons (Fsp3) is 1.00. The topological polar surface area (TPSA) is 79.0 Å². The molecule has 1 saturated heterocycles. The molecule has 4 N–H and O–H groups in total. The van der Waals surface area contributed by atoms with Crippen LogP contribution in [0.4, 0.5) is 0 Å². The van der Waals surface area contributed by atoms with Crippen LogP contribution in [-0.4, -0.2) is 58.8 Å². The minimum atomic E-state index is -0.522. The fourth-order valence-electron chi connectivity index (χ4n) is 0.476. The molecule has 21 heavy (non-hydrogen) atoms. The molecule has 0 aromatic heterocycles. The van der Waals surface area contributed by atoms with Crippen molar-refractivity contribution in [3.05, 3.63) is 0 Å². The molecule has 0 amide bonds. The first-order valence-corrected chi connectivity index (χ1v) is 8.52. The molecule has 1 aliphatic rings. The third kappa shape index (κ3) is 38.8. The van der Waals surface area contributed by atoms with E-state index in [2.05, 4.69) is 6.92 Å². The lowest BCUT2D eigenvalue weighted by molar-refractivity contribution is 0.194. The molecular weight excluding hydrogens is 383 g/mol. The van der Waals surface area contributed by atoms with Crippen LogP contribution in [0.3, 0.4) is 0 Å². The number of nitrogens with two attached hydrogens (primary N) is 1. The van der Waals surface area contributed by atoms with Crippen molar-refractivity contribution in [2.45, 2.75) is 45.0 Å². The average Bonchev–Trinajstić information content (AvgIpc) is 3.31. The van der Waals surface area contributed by atoms with Crippen LogP contribution in [0.5, 0.6) is 0 Å². The third-order valence-corrected chi connectivity index (χ3v) is 2.67. The van der Waals surface area contributed by atoms with Gasteiger partial charge in [0.25, 0.3) is 0 Å². The zero-order valence-corrected chi connectivity index (χ0v) is 16.3. The van der Waals surface area contributed by atoms with Crippen molar-refractivity contribution < 1.29 is 14.9 Å². The van der Waals surface area contributed by atoms with E-state index in [0.29, 0.717) is 12.0 Å². The Morgan fingerprint density at radius 1 is 1.10 bits per heavy atom. The maximum Gasteiger partial charge on any atom is 0.0967 e. The maximum absolute atomic E-state index is 8.53. The van der Waals surface area contributed by atoms with Gasteiger partial charge in [0.15, 0.2) is 0 Å². The Bertz CT molecular complexity index is 150. The summed E-state index contributed by atoms with van der Waals surface area (Å²) < 4.78 is 4.86. The zero-order valence-electron chi connectivity index (χ0n) is 12.5. The summed E-state index contributed by atoms with van der Waals surface area (Å²) in [5.41, 5.74) is 4.95. The van der Waals surface area contributed by atoms with Gasteiger partial charge in [-0.3, -0.25) is 0 Å². The van der Waals surface area contributed by atoms with Crippen LogP contribution in [-0.2, 0) is 4.74 Å². The number of rotatable bonds is 5. The van der Waals surface area contributed by atoms with Crippen molar-refractivity contribution in [1.29, 1.82) is 0 Å². The Balaban J connectivity index is -0.0000000927. The molecule has 0 unspecified atom stereocenters. The first-order chi connectivity index (χ1) is 9.46. The molecule has 134 valence electrons. The van der Waals surface area contributed by atoms with Gasteiger partial charge in [-0.2, -0.15) is 0 Å². The number of ether oxygens (including phenoxy) is 1. The molecule has 4 nitrogen and oxygen atoms in total. The van der Waals surface area contributed by atoms with Crippen molar-refractivity contribution in [2.24, 2.45) is 5.73 Å². The van der Waals surface area contributed by atoms with Gasteiger partial charge in [-0.1, -0.05) is 13.8 Å². The highest BCUT2D eigenvalue weighted by molar-refractivity contribution is 6.40. The van der Waals surface area contributed by atoms with E-state index >= 15 is 0 Å². The lowest BCUT2D eigenvalue weighted by atomic mass is 10.3. The molecule has 0 saturated carbocycles. The molecule has 3 atom stereocenters. The van der Waals surface area contributed by atoms with Crippen LogP contribution < -0.4 is 5.73 Å². The Kier molecular flexibility index (Phi) is 37.7. The van der Waals surface area contributed by atoms with Gasteiger partial charge in [0.1, 0.15) is 0 Å². The van der Waals surface area contributed by atoms with Crippen LogP contribution in [0.1, 0.15) is 26.7 Å². The van der Waals surface area contributed by atoms with Crippen LogP contribution >= 0.6 is 58.8 Å². The van der Waals surface area contributed by atoms with E-state index in [1.54, 1.807) is 0 Å². The SMILES string of the molecule is CC[C@H](O)CCl.CC[C@H]1CO1.Cl.ClCCl.NC[C@H](O)CCl. The lowest BCUT2D eigenvalue weighted by Crippen LogP contribution is -2.20. The molecule has 0 bridgehead atoms. The summed E-state index contributed by atoms with van der Waals surface area (Å²) in [6.45, 7) is 5.30. The van der Waals surface area contributed by atoms with Crippen molar-refractivity contribution in [3.8, 4) is 0 Å². The number of hydrogen-bond acceptors (Lipinski definition) is 4. The van der Waals surface area contributed by atoms with E-state index in [4.69, 9.17) is 67.1 Å². The summed E-state index contributed by atoms with van der Waals surface area (Å²) in [6, 6.07) is 0. The van der Waals surface area contributed by atoms with Crippen molar-refractivity contribution in [1.82, 2.24) is 0 Å². The van der Waals surface area contributed by atoms with Gasteiger partial charge in [-0.25, -0.2) is 0 Å². The minimum Gasteiger partial charge on any atom is -0.392 e. The van der Waals surface area contributed by atoms with Gasteiger partial charge in [-0.05, 0) is 12.8 Å². The number of alkyl halides is 4. The first-order valence-electron chi connectivity index (χ1n) is 6.38.